The Hall–Kier alpha value is -3.48. The normalized spacial score (nSPS) is 21.0. The molecule has 47 heavy (non-hydrogen) atoms. The van der Waals surface area contributed by atoms with Gasteiger partial charge in [0.05, 0.1) is 0 Å². The van der Waals surface area contributed by atoms with Gasteiger partial charge in [-0.3, -0.25) is 0 Å². The van der Waals surface area contributed by atoms with Crippen LogP contribution in [0.5, 0.6) is 5.75 Å². The third kappa shape index (κ3) is 7.81. The van der Waals surface area contributed by atoms with E-state index in [0.29, 0.717) is 10.8 Å². The number of nitrogens with zero attached hydrogens (tertiary/aromatic N) is 1. The van der Waals surface area contributed by atoms with Gasteiger partial charge >= 0.3 is 289 Å². The van der Waals surface area contributed by atoms with Gasteiger partial charge in [0, 0.05) is 0 Å². The summed E-state index contributed by atoms with van der Waals surface area (Å²) in [5.74, 6) is -3.93. The van der Waals surface area contributed by atoms with Crippen molar-refractivity contribution in [1.29, 1.82) is 5.26 Å². The summed E-state index contributed by atoms with van der Waals surface area (Å²) in [6.07, 6.45) is 0.328. The SMILES string of the molecule is COc1cc(C(=O)OCOC(C)=O)ccc1[As]C(=O)C1NC(CC(C)(C)C)C(C#N)(c2ccc(Cl)cc2F)C1c1cccc(Cl)c1F. The van der Waals surface area contributed by atoms with E-state index in [2.05, 4.69) is 16.1 Å². The van der Waals surface area contributed by atoms with Gasteiger partial charge in [0.25, 0.3) is 0 Å². The van der Waals surface area contributed by atoms with Gasteiger partial charge in [0.2, 0.25) is 0 Å². The summed E-state index contributed by atoms with van der Waals surface area (Å²) in [6.45, 7) is 6.47. The van der Waals surface area contributed by atoms with Crippen LogP contribution in [-0.4, -0.2) is 58.2 Å². The summed E-state index contributed by atoms with van der Waals surface area (Å²) in [5, 5.41) is 14.3. The Balaban J connectivity index is 1.83. The maximum absolute atomic E-state index is 15.9. The standard InChI is InChI=1S/C34H32AsCl2F2N2O6/c1-18(42)46-17-47-32(44)19-9-12-23(26(13-19)45-5)35-31(43)30-28(21-7-6-8-24(37)29(21)39)34(16-40,27(41-30)15-33(2,3)4)22-11-10-20(36)14-25(22)38/h6-14,27-28,30,41H,15,17H2,1-5H3. The zero-order valence-electron chi connectivity index (χ0n) is 26.2. The number of benzene rings is 3. The van der Waals surface area contributed by atoms with Crippen molar-refractivity contribution in [3.8, 4) is 11.8 Å². The van der Waals surface area contributed by atoms with Crippen LogP contribution in [0, 0.1) is 28.4 Å². The molecule has 0 aromatic heterocycles. The number of halogens is 4. The van der Waals surface area contributed by atoms with Crippen molar-refractivity contribution in [2.24, 2.45) is 5.41 Å². The summed E-state index contributed by atoms with van der Waals surface area (Å²) < 4.78 is 47.0. The number of carbonyl (C=O) groups excluding carboxylic acids is 3. The number of esters is 2. The maximum atomic E-state index is 15.9. The van der Waals surface area contributed by atoms with E-state index in [1.807, 2.05) is 20.8 Å². The van der Waals surface area contributed by atoms with Crippen molar-refractivity contribution in [3.05, 3.63) is 93.0 Å². The Morgan fingerprint density at radius 2 is 1.79 bits per heavy atom. The molecule has 0 saturated carbocycles. The first kappa shape index (κ1) is 36.4. The van der Waals surface area contributed by atoms with Crippen molar-refractivity contribution in [3.63, 3.8) is 0 Å². The average Bonchev–Trinajstić information content (AvgIpc) is 3.31. The molecule has 1 aliphatic heterocycles. The van der Waals surface area contributed by atoms with Gasteiger partial charge in [0.1, 0.15) is 0 Å². The Morgan fingerprint density at radius 1 is 1.06 bits per heavy atom. The van der Waals surface area contributed by atoms with E-state index in [9.17, 15) is 19.6 Å². The molecule has 4 atom stereocenters. The Bertz CT molecular complexity index is 1740. The van der Waals surface area contributed by atoms with Gasteiger partial charge in [-0.2, -0.15) is 0 Å². The quantitative estimate of drug-likeness (QED) is 0.157. The number of ether oxygens (including phenoxy) is 3. The minimum absolute atomic E-state index is 0.00491. The van der Waals surface area contributed by atoms with Crippen LogP contribution in [0.4, 0.5) is 8.78 Å². The van der Waals surface area contributed by atoms with E-state index < -0.39 is 74.9 Å². The first-order valence-electron chi connectivity index (χ1n) is 14.4. The van der Waals surface area contributed by atoms with Crippen LogP contribution < -0.4 is 14.4 Å². The first-order valence-corrected chi connectivity index (χ1v) is 17.1. The van der Waals surface area contributed by atoms with Gasteiger partial charge < -0.3 is 0 Å². The van der Waals surface area contributed by atoms with E-state index in [1.165, 1.54) is 56.5 Å². The first-order chi connectivity index (χ1) is 22.1. The van der Waals surface area contributed by atoms with E-state index in [-0.39, 0.29) is 37.1 Å². The topological polar surface area (TPSA) is 115 Å². The molecule has 1 N–H and O–H groups in total. The number of methoxy groups -OCH3 is 1. The molecule has 13 heteroatoms. The van der Waals surface area contributed by atoms with E-state index in [0.717, 1.165) is 6.07 Å². The molecule has 1 radical (unpaired) electrons. The van der Waals surface area contributed by atoms with E-state index in [4.69, 9.17) is 32.7 Å². The predicted octanol–water partition coefficient (Wildman–Crippen LogP) is 5.84. The van der Waals surface area contributed by atoms with Gasteiger partial charge in [-0.15, -0.1) is 0 Å². The molecule has 4 rings (SSSR count). The molecule has 0 bridgehead atoms. The fourth-order valence-electron chi connectivity index (χ4n) is 5.88. The second-order valence-electron chi connectivity index (χ2n) is 12.2. The van der Waals surface area contributed by atoms with Gasteiger partial charge in [0.15, 0.2) is 0 Å². The van der Waals surface area contributed by atoms with Crippen molar-refractivity contribution < 1.29 is 37.4 Å². The van der Waals surface area contributed by atoms with Crippen LogP contribution in [-0.2, 0) is 24.5 Å². The molecular formula is C34H32AsCl2F2N2O6. The minimum atomic E-state index is -1.76. The van der Waals surface area contributed by atoms with Crippen LogP contribution >= 0.6 is 23.2 Å². The summed E-state index contributed by atoms with van der Waals surface area (Å²) in [5.41, 5.74) is -2.08. The number of nitriles is 1. The molecule has 1 saturated heterocycles. The molecular weight excluding hydrogens is 716 g/mol. The summed E-state index contributed by atoms with van der Waals surface area (Å²) >= 11 is 10.9. The van der Waals surface area contributed by atoms with E-state index in [1.54, 1.807) is 6.07 Å². The monoisotopic (exact) mass is 747 g/mol. The van der Waals surface area contributed by atoms with Crippen LogP contribution in [0.1, 0.15) is 61.5 Å². The zero-order valence-corrected chi connectivity index (χ0v) is 29.6. The number of nitrogens with one attached hydrogen (secondary N) is 1. The Kier molecular flexibility index (Phi) is 11.4. The number of hydrogen-bond donors (Lipinski definition) is 1. The van der Waals surface area contributed by atoms with Crippen LogP contribution in [0.15, 0.2) is 54.6 Å². The van der Waals surface area contributed by atoms with E-state index >= 15 is 8.78 Å². The van der Waals surface area contributed by atoms with Crippen LogP contribution in [0.2, 0.25) is 10.0 Å². The second kappa shape index (κ2) is 14.7. The fraction of sp³-hybridized carbons (Fsp3) is 0.353. The van der Waals surface area contributed by atoms with Crippen LogP contribution in [0.25, 0.3) is 0 Å². The Morgan fingerprint density at radius 3 is 2.40 bits per heavy atom. The average molecular weight is 748 g/mol. The molecule has 247 valence electrons. The second-order valence-corrected chi connectivity index (χ2v) is 15.5. The molecule has 3 aromatic rings. The summed E-state index contributed by atoms with van der Waals surface area (Å²) in [7, 11) is 1.37. The third-order valence-corrected chi connectivity index (χ3v) is 10.7. The van der Waals surface area contributed by atoms with Crippen molar-refractivity contribution in [2.75, 3.05) is 13.9 Å². The molecule has 1 aliphatic rings. The van der Waals surface area contributed by atoms with Gasteiger partial charge in [-0.05, 0) is 0 Å². The molecule has 8 nitrogen and oxygen atoms in total. The Labute approximate surface area is 288 Å². The zero-order chi connectivity index (χ0) is 34.7. The predicted molar refractivity (Wildman–Crippen MR) is 173 cm³/mol. The van der Waals surface area contributed by atoms with Crippen molar-refractivity contribution in [2.45, 2.75) is 57.5 Å². The molecule has 1 fully saturated rings. The molecule has 0 aliphatic carbocycles. The van der Waals surface area contributed by atoms with Crippen LogP contribution in [0.3, 0.4) is 0 Å². The number of hydrogen-bond acceptors (Lipinski definition) is 8. The number of rotatable bonds is 10. The number of carbonyl (C=O) groups is 3. The summed E-state index contributed by atoms with van der Waals surface area (Å²) in [6, 6.07) is 13.1. The third-order valence-electron chi connectivity index (χ3n) is 7.81. The fourth-order valence-corrected chi connectivity index (χ4v) is 8.35. The summed E-state index contributed by atoms with van der Waals surface area (Å²) in [4.78, 5) is 37.8. The molecule has 4 unspecified atom stereocenters. The van der Waals surface area contributed by atoms with Crippen molar-refractivity contribution >= 4 is 59.8 Å². The van der Waals surface area contributed by atoms with Crippen molar-refractivity contribution in [1.82, 2.24) is 5.32 Å². The molecule has 1 heterocycles. The molecule has 3 aromatic carbocycles. The van der Waals surface area contributed by atoms with Gasteiger partial charge in [-0.25, -0.2) is 0 Å². The van der Waals surface area contributed by atoms with Gasteiger partial charge in [-0.1, -0.05) is 0 Å². The molecule has 0 spiro atoms. The molecule has 0 amide bonds.